The second-order valence-electron chi connectivity index (χ2n) is 5.49. The van der Waals surface area contributed by atoms with E-state index in [0.29, 0.717) is 26.1 Å². The van der Waals surface area contributed by atoms with Gasteiger partial charge in [-0.1, -0.05) is 18.2 Å². The lowest BCUT2D eigenvalue weighted by Crippen LogP contribution is -2.39. The molecule has 0 radical (unpaired) electrons. The summed E-state index contributed by atoms with van der Waals surface area (Å²) in [7, 11) is 0. The van der Waals surface area contributed by atoms with Crippen molar-refractivity contribution in [1.29, 1.82) is 0 Å². The van der Waals surface area contributed by atoms with Gasteiger partial charge in [0.05, 0.1) is 19.6 Å². The number of aryl methyl sites for hydroxylation is 2. The molecule has 3 rings (SSSR count). The lowest BCUT2D eigenvalue weighted by atomic mass is 10.2. The summed E-state index contributed by atoms with van der Waals surface area (Å²) in [6, 6.07) is 7.83. The van der Waals surface area contributed by atoms with E-state index in [1.54, 1.807) is 0 Å². The zero-order chi connectivity index (χ0) is 15.5. The minimum atomic E-state index is 0.0977. The Balaban J connectivity index is 1.52. The van der Waals surface area contributed by atoms with Crippen LogP contribution in [0.1, 0.15) is 23.6 Å². The second-order valence-corrected chi connectivity index (χ2v) is 5.49. The summed E-state index contributed by atoms with van der Waals surface area (Å²) >= 11 is 0. The van der Waals surface area contributed by atoms with Gasteiger partial charge >= 0.3 is 0 Å². The summed E-state index contributed by atoms with van der Waals surface area (Å²) in [5.41, 5.74) is 1.08. The molecule has 0 spiro atoms. The fourth-order valence-electron chi connectivity index (χ4n) is 2.64. The van der Waals surface area contributed by atoms with Gasteiger partial charge in [-0.15, -0.1) is 10.2 Å². The first-order chi connectivity index (χ1) is 10.6. The van der Waals surface area contributed by atoms with Gasteiger partial charge in [-0.25, -0.2) is 0 Å². The third kappa shape index (κ3) is 2.95. The molecular formula is C16H20N4O2. The number of hydrogen-bond donors (Lipinski definition) is 0. The van der Waals surface area contributed by atoms with E-state index in [1.807, 2.05) is 43.0 Å². The summed E-state index contributed by atoms with van der Waals surface area (Å²) in [6.45, 7) is 6.32. The molecule has 2 heterocycles. The zero-order valence-corrected chi connectivity index (χ0v) is 13.0. The summed E-state index contributed by atoms with van der Waals surface area (Å²) < 4.78 is 7.75. The highest BCUT2D eigenvalue weighted by molar-refractivity contribution is 5.76. The minimum absolute atomic E-state index is 0.0977. The summed E-state index contributed by atoms with van der Waals surface area (Å²) in [5.74, 6) is 2.70. The van der Waals surface area contributed by atoms with E-state index < -0.39 is 0 Å². The number of amides is 1. The van der Waals surface area contributed by atoms with Crippen LogP contribution in [0.15, 0.2) is 24.3 Å². The Bertz CT molecular complexity index is 681. The molecule has 0 fully saturated rings. The lowest BCUT2D eigenvalue weighted by Gasteiger charge is -2.27. The van der Waals surface area contributed by atoms with E-state index in [4.69, 9.17) is 4.74 Å². The highest BCUT2D eigenvalue weighted by atomic mass is 16.5. The van der Waals surface area contributed by atoms with Crippen LogP contribution in [0.4, 0.5) is 0 Å². The van der Waals surface area contributed by atoms with Gasteiger partial charge in [-0.05, 0) is 25.5 Å². The molecule has 1 aliphatic rings. The number of rotatable bonds is 4. The molecule has 1 aromatic heterocycles. The van der Waals surface area contributed by atoms with Crippen molar-refractivity contribution < 1.29 is 9.53 Å². The third-order valence-corrected chi connectivity index (χ3v) is 3.96. The maximum atomic E-state index is 12.3. The first kappa shape index (κ1) is 14.6. The van der Waals surface area contributed by atoms with E-state index in [9.17, 15) is 4.79 Å². The number of para-hydroxylation sites is 1. The van der Waals surface area contributed by atoms with E-state index in [2.05, 4.69) is 14.8 Å². The number of carbonyl (C=O) groups is 1. The van der Waals surface area contributed by atoms with Crippen LogP contribution in [-0.2, 0) is 17.9 Å². The molecule has 6 heteroatoms. The second kappa shape index (κ2) is 6.17. The smallest absolute Gasteiger partial charge is 0.226 e. The van der Waals surface area contributed by atoms with Crippen molar-refractivity contribution >= 4 is 5.91 Å². The molecule has 6 nitrogen and oxygen atoms in total. The maximum Gasteiger partial charge on any atom is 0.226 e. The van der Waals surface area contributed by atoms with Crippen LogP contribution in [0, 0.1) is 13.8 Å². The van der Waals surface area contributed by atoms with Crippen LogP contribution in [0.3, 0.4) is 0 Å². The minimum Gasteiger partial charge on any atom is -0.493 e. The van der Waals surface area contributed by atoms with Crippen molar-refractivity contribution in [3.05, 3.63) is 41.5 Å². The first-order valence-electron chi connectivity index (χ1n) is 7.50. The van der Waals surface area contributed by atoms with Crippen LogP contribution in [0.2, 0.25) is 0 Å². The Morgan fingerprint density at radius 1 is 1.23 bits per heavy atom. The summed E-state index contributed by atoms with van der Waals surface area (Å²) in [5, 5.41) is 8.17. The van der Waals surface area contributed by atoms with E-state index in [1.165, 1.54) is 0 Å². The SMILES string of the molecule is Cc1ccccc1OCCC(=O)N1CCn2c(C)nnc2C1. The zero-order valence-electron chi connectivity index (χ0n) is 13.0. The Morgan fingerprint density at radius 3 is 2.86 bits per heavy atom. The van der Waals surface area contributed by atoms with Gasteiger partial charge in [0.1, 0.15) is 11.6 Å². The molecule has 0 aliphatic carbocycles. The molecule has 0 unspecified atom stereocenters. The Kier molecular flexibility index (Phi) is 4.09. The molecule has 0 N–H and O–H groups in total. The van der Waals surface area contributed by atoms with Crippen LogP contribution in [-0.4, -0.2) is 38.7 Å². The van der Waals surface area contributed by atoms with E-state index >= 15 is 0 Å². The van der Waals surface area contributed by atoms with Crippen LogP contribution in [0.25, 0.3) is 0 Å². The number of hydrogen-bond acceptors (Lipinski definition) is 4. The lowest BCUT2D eigenvalue weighted by molar-refractivity contribution is -0.133. The van der Waals surface area contributed by atoms with E-state index in [-0.39, 0.29) is 5.91 Å². The average Bonchev–Trinajstić information content (AvgIpc) is 2.90. The standard InChI is InChI=1S/C16H20N4O2/c1-12-5-3-4-6-14(12)22-10-7-16(21)19-8-9-20-13(2)17-18-15(20)11-19/h3-6H,7-11H2,1-2H3. The molecule has 1 aromatic carbocycles. The van der Waals surface area contributed by atoms with Crippen molar-refractivity contribution in [2.45, 2.75) is 33.4 Å². The highest BCUT2D eigenvalue weighted by Gasteiger charge is 2.23. The predicted molar refractivity (Wildman–Crippen MR) is 81.5 cm³/mol. The number of fused-ring (bicyclic) bond motifs is 1. The largest absolute Gasteiger partial charge is 0.493 e. The fraction of sp³-hybridized carbons (Fsp3) is 0.438. The van der Waals surface area contributed by atoms with Crippen LogP contribution < -0.4 is 4.74 Å². The first-order valence-corrected chi connectivity index (χ1v) is 7.50. The van der Waals surface area contributed by atoms with Crippen LogP contribution >= 0.6 is 0 Å². The van der Waals surface area contributed by atoms with E-state index in [0.717, 1.165) is 29.5 Å². The van der Waals surface area contributed by atoms with Crippen molar-refractivity contribution in [3.8, 4) is 5.75 Å². The quantitative estimate of drug-likeness (QED) is 0.862. The molecule has 0 saturated heterocycles. The van der Waals surface area contributed by atoms with Gasteiger partial charge in [-0.3, -0.25) is 4.79 Å². The van der Waals surface area contributed by atoms with Gasteiger partial charge < -0.3 is 14.2 Å². The number of aromatic nitrogens is 3. The molecule has 1 amide bonds. The fourth-order valence-corrected chi connectivity index (χ4v) is 2.64. The monoisotopic (exact) mass is 300 g/mol. The molecule has 22 heavy (non-hydrogen) atoms. The maximum absolute atomic E-state index is 12.3. The summed E-state index contributed by atoms with van der Waals surface area (Å²) in [6.07, 6.45) is 0.376. The number of nitrogens with zero attached hydrogens (tertiary/aromatic N) is 4. The molecule has 2 aromatic rings. The average molecular weight is 300 g/mol. The van der Waals surface area contributed by atoms with Gasteiger partial charge in [0.25, 0.3) is 0 Å². The molecular weight excluding hydrogens is 280 g/mol. The number of carbonyl (C=O) groups excluding carboxylic acids is 1. The molecule has 0 bridgehead atoms. The topological polar surface area (TPSA) is 60.2 Å². The number of ether oxygens (including phenoxy) is 1. The highest BCUT2D eigenvalue weighted by Crippen LogP contribution is 2.17. The normalized spacial score (nSPS) is 13.8. The Morgan fingerprint density at radius 2 is 2.05 bits per heavy atom. The Labute approximate surface area is 129 Å². The molecule has 0 atom stereocenters. The summed E-state index contributed by atoms with van der Waals surface area (Å²) in [4.78, 5) is 14.1. The molecule has 1 aliphatic heterocycles. The van der Waals surface area contributed by atoms with Crippen LogP contribution in [0.5, 0.6) is 5.75 Å². The Hall–Kier alpha value is -2.37. The van der Waals surface area contributed by atoms with Crippen molar-refractivity contribution in [2.24, 2.45) is 0 Å². The predicted octanol–water partition coefficient (Wildman–Crippen LogP) is 1.71. The van der Waals surface area contributed by atoms with Crippen molar-refractivity contribution in [1.82, 2.24) is 19.7 Å². The third-order valence-electron chi connectivity index (χ3n) is 3.96. The van der Waals surface area contributed by atoms with Crippen molar-refractivity contribution in [2.75, 3.05) is 13.2 Å². The van der Waals surface area contributed by atoms with Crippen molar-refractivity contribution in [3.63, 3.8) is 0 Å². The molecule has 0 saturated carbocycles. The van der Waals surface area contributed by atoms with Gasteiger partial charge in [0.15, 0.2) is 5.82 Å². The number of benzene rings is 1. The van der Waals surface area contributed by atoms with Gasteiger partial charge in [0, 0.05) is 13.1 Å². The molecule has 116 valence electrons. The van der Waals surface area contributed by atoms with Gasteiger partial charge in [0.2, 0.25) is 5.91 Å². The van der Waals surface area contributed by atoms with Gasteiger partial charge in [-0.2, -0.15) is 0 Å².